The molecule has 2 N–H and O–H groups in total. The first-order valence-corrected chi connectivity index (χ1v) is 8.35. The van der Waals surface area contributed by atoms with Crippen molar-refractivity contribution in [3.8, 4) is 0 Å². The van der Waals surface area contributed by atoms with Crippen LogP contribution in [0.15, 0.2) is 48.5 Å². The molecule has 1 atom stereocenters. The summed E-state index contributed by atoms with van der Waals surface area (Å²) in [7, 11) is 0. The Labute approximate surface area is 142 Å². The molecule has 0 spiro atoms. The minimum absolute atomic E-state index is 0.0604. The van der Waals surface area contributed by atoms with Crippen LogP contribution in [0.3, 0.4) is 0 Å². The van der Waals surface area contributed by atoms with Gasteiger partial charge in [0.1, 0.15) is 0 Å². The van der Waals surface area contributed by atoms with Crippen molar-refractivity contribution in [2.24, 2.45) is 5.92 Å². The van der Waals surface area contributed by atoms with E-state index < -0.39 is 0 Å². The Morgan fingerprint density at radius 3 is 2.39 bits per heavy atom. The van der Waals surface area contributed by atoms with E-state index in [2.05, 4.69) is 29.7 Å². The molecule has 1 aliphatic carbocycles. The zero-order valence-electron chi connectivity index (χ0n) is 13.2. The Morgan fingerprint density at radius 2 is 1.78 bits per heavy atom. The van der Waals surface area contributed by atoms with Gasteiger partial charge in [-0.15, -0.1) is 0 Å². The van der Waals surface area contributed by atoms with Crippen molar-refractivity contribution in [2.75, 3.05) is 0 Å². The molecule has 0 aliphatic heterocycles. The predicted octanol–water partition coefficient (Wildman–Crippen LogP) is 4.60. The van der Waals surface area contributed by atoms with Gasteiger partial charge in [-0.1, -0.05) is 53.6 Å². The maximum Gasteiger partial charge on any atom is 0.315 e. The Kier molecular flexibility index (Phi) is 4.87. The minimum Gasteiger partial charge on any atom is -0.334 e. The fraction of sp³-hybridized carbons (Fsp3) is 0.316. The highest BCUT2D eigenvalue weighted by molar-refractivity contribution is 6.30. The summed E-state index contributed by atoms with van der Waals surface area (Å²) in [5.74, 6) is 0.529. The van der Waals surface area contributed by atoms with Crippen LogP contribution in [0.4, 0.5) is 4.79 Å². The summed E-state index contributed by atoms with van der Waals surface area (Å²) in [4.78, 5) is 12.2. The van der Waals surface area contributed by atoms with Crippen molar-refractivity contribution in [1.82, 2.24) is 10.6 Å². The second-order valence-electron chi connectivity index (χ2n) is 6.18. The first-order chi connectivity index (χ1) is 11.1. The highest BCUT2D eigenvalue weighted by Crippen LogP contribution is 2.41. The molecule has 1 aliphatic rings. The molecule has 2 aromatic carbocycles. The van der Waals surface area contributed by atoms with E-state index in [9.17, 15) is 4.79 Å². The number of aryl methyl sites for hydroxylation is 1. The van der Waals surface area contributed by atoms with E-state index in [-0.39, 0.29) is 12.1 Å². The van der Waals surface area contributed by atoms with Crippen LogP contribution < -0.4 is 10.6 Å². The molecule has 2 amide bonds. The molecule has 0 unspecified atom stereocenters. The minimum atomic E-state index is -0.127. The highest BCUT2D eigenvalue weighted by atomic mass is 35.5. The molecule has 0 aromatic heterocycles. The van der Waals surface area contributed by atoms with Crippen molar-refractivity contribution in [2.45, 2.75) is 32.4 Å². The number of rotatable bonds is 5. The predicted molar refractivity (Wildman–Crippen MR) is 93.5 cm³/mol. The van der Waals surface area contributed by atoms with Crippen molar-refractivity contribution < 1.29 is 4.79 Å². The van der Waals surface area contributed by atoms with Crippen LogP contribution in [0.2, 0.25) is 5.02 Å². The van der Waals surface area contributed by atoms with Crippen LogP contribution in [0, 0.1) is 12.8 Å². The molecule has 1 fully saturated rings. The zero-order valence-corrected chi connectivity index (χ0v) is 13.9. The van der Waals surface area contributed by atoms with E-state index in [1.165, 1.54) is 5.56 Å². The molecular weight excluding hydrogens is 308 g/mol. The van der Waals surface area contributed by atoms with Gasteiger partial charge in [0.05, 0.1) is 6.04 Å². The Balaban J connectivity index is 1.58. The van der Waals surface area contributed by atoms with Crippen LogP contribution in [-0.4, -0.2) is 6.03 Å². The monoisotopic (exact) mass is 328 g/mol. The molecule has 0 heterocycles. The second-order valence-corrected chi connectivity index (χ2v) is 6.62. The molecule has 23 heavy (non-hydrogen) atoms. The summed E-state index contributed by atoms with van der Waals surface area (Å²) in [6, 6.07) is 15.8. The van der Waals surface area contributed by atoms with E-state index in [0.29, 0.717) is 17.5 Å². The third-order valence-electron chi connectivity index (χ3n) is 4.18. The number of hydrogen-bond donors (Lipinski definition) is 2. The van der Waals surface area contributed by atoms with E-state index in [0.717, 1.165) is 24.0 Å². The fourth-order valence-electron chi connectivity index (χ4n) is 2.65. The van der Waals surface area contributed by atoms with Gasteiger partial charge in [0, 0.05) is 11.6 Å². The largest absolute Gasteiger partial charge is 0.334 e. The Morgan fingerprint density at radius 1 is 1.13 bits per heavy atom. The molecule has 0 bridgehead atoms. The SMILES string of the molecule is Cc1ccc(CNC(=O)N[C@H](c2ccc(Cl)cc2)C2CC2)cc1. The fourth-order valence-corrected chi connectivity index (χ4v) is 2.78. The van der Waals surface area contributed by atoms with E-state index in [1.54, 1.807) is 0 Å². The summed E-state index contributed by atoms with van der Waals surface area (Å²) in [5.41, 5.74) is 3.43. The first-order valence-electron chi connectivity index (χ1n) is 7.97. The second kappa shape index (κ2) is 7.05. The van der Waals surface area contributed by atoms with Gasteiger partial charge < -0.3 is 10.6 Å². The zero-order chi connectivity index (χ0) is 16.2. The average Bonchev–Trinajstić information content (AvgIpc) is 3.38. The lowest BCUT2D eigenvalue weighted by atomic mass is 10.0. The number of benzene rings is 2. The summed E-state index contributed by atoms with van der Waals surface area (Å²) in [6.45, 7) is 2.58. The number of amides is 2. The molecule has 0 radical (unpaired) electrons. The maximum atomic E-state index is 12.2. The topological polar surface area (TPSA) is 41.1 Å². The Bertz CT molecular complexity index is 663. The maximum absolute atomic E-state index is 12.2. The van der Waals surface area contributed by atoms with Crippen LogP contribution >= 0.6 is 11.6 Å². The number of urea groups is 1. The molecule has 2 aromatic rings. The lowest BCUT2D eigenvalue weighted by molar-refractivity contribution is 0.235. The molecule has 120 valence electrons. The quantitative estimate of drug-likeness (QED) is 0.827. The van der Waals surface area contributed by atoms with Gasteiger partial charge in [0.15, 0.2) is 0 Å². The Hall–Kier alpha value is -2.00. The van der Waals surface area contributed by atoms with Gasteiger partial charge in [-0.3, -0.25) is 0 Å². The van der Waals surface area contributed by atoms with Gasteiger partial charge >= 0.3 is 6.03 Å². The average molecular weight is 329 g/mol. The smallest absolute Gasteiger partial charge is 0.315 e. The van der Waals surface area contributed by atoms with Crippen LogP contribution in [0.5, 0.6) is 0 Å². The molecule has 0 saturated heterocycles. The van der Waals surface area contributed by atoms with E-state index in [1.807, 2.05) is 36.4 Å². The normalized spacial score (nSPS) is 15.0. The lowest BCUT2D eigenvalue weighted by Gasteiger charge is -2.19. The van der Waals surface area contributed by atoms with Gasteiger partial charge in [-0.2, -0.15) is 0 Å². The third-order valence-corrected chi connectivity index (χ3v) is 4.43. The molecule has 4 heteroatoms. The van der Waals surface area contributed by atoms with Crippen LogP contribution in [0.25, 0.3) is 0 Å². The molecule has 3 nitrogen and oxygen atoms in total. The number of nitrogens with one attached hydrogen (secondary N) is 2. The van der Waals surface area contributed by atoms with Crippen molar-refractivity contribution in [3.63, 3.8) is 0 Å². The number of halogens is 1. The third kappa shape index (κ3) is 4.49. The standard InChI is InChI=1S/C19H21ClN2O/c1-13-2-4-14(5-3-13)12-21-19(23)22-18(15-6-7-15)16-8-10-17(20)11-9-16/h2-5,8-11,15,18H,6-7,12H2,1H3,(H2,21,22,23)/t18-/m0/s1. The van der Waals surface area contributed by atoms with Crippen molar-refractivity contribution >= 4 is 17.6 Å². The van der Waals surface area contributed by atoms with E-state index in [4.69, 9.17) is 11.6 Å². The van der Waals surface area contributed by atoms with Crippen molar-refractivity contribution in [1.29, 1.82) is 0 Å². The van der Waals surface area contributed by atoms with Crippen LogP contribution in [0.1, 0.15) is 35.6 Å². The highest BCUT2D eigenvalue weighted by Gasteiger charge is 2.33. The summed E-state index contributed by atoms with van der Waals surface area (Å²) in [6.07, 6.45) is 2.32. The summed E-state index contributed by atoms with van der Waals surface area (Å²) < 4.78 is 0. The summed E-state index contributed by atoms with van der Waals surface area (Å²) in [5, 5.41) is 6.75. The lowest BCUT2D eigenvalue weighted by Crippen LogP contribution is -2.38. The molecule has 3 rings (SSSR count). The number of carbonyl (C=O) groups is 1. The van der Waals surface area contributed by atoms with Gasteiger partial charge in [-0.05, 0) is 48.9 Å². The van der Waals surface area contributed by atoms with Gasteiger partial charge in [0.2, 0.25) is 0 Å². The molecule has 1 saturated carbocycles. The van der Waals surface area contributed by atoms with E-state index >= 15 is 0 Å². The van der Waals surface area contributed by atoms with Crippen LogP contribution in [-0.2, 0) is 6.54 Å². The first kappa shape index (κ1) is 15.9. The summed E-state index contributed by atoms with van der Waals surface area (Å²) >= 11 is 5.95. The molecular formula is C19H21ClN2O. The van der Waals surface area contributed by atoms with Crippen molar-refractivity contribution in [3.05, 3.63) is 70.2 Å². The van der Waals surface area contributed by atoms with Gasteiger partial charge in [0.25, 0.3) is 0 Å². The number of carbonyl (C=O) groups excluding carboxylic acids is 1. The van der Waals surface area contributed by atoms with Gasteiger partial charge in [-0.25, -0.2) is 4.79 Å². The number of hydrogen-bond acceptors (Lipinski definition) is 1.